The van der Waals surface area contributed by atoms with Crippen LogP contribution in [-0.2, 0) is 0 Å². The van der Waals surface area contributed by atoms with Gasteiger partial charge in [0.1, 0.15) is 0 Å². The largest absolute Gasteiger partial charge is 0.323 e. The molecule has 3 nitrogen and oxygen atoms in total. The van der Waals surface area contributed by atoms with E-state index in [1.54, 1.807) is 6.20 Å². The van der Waals surface area contributed by atoms with Gasteiger partial charge in [0, 0.05) is 11.9 Å². The minimum Gasteiger partial charge on any atom is -0.314 e. The first-order chi connectivity index (χ1) is 7.50. The summed E-state index contributed by atoms with van der Waals surface area (Å²) < 4.78 is 0. The molecule has 16 heavy (non-hydrogen) atoms. The van der Waals surface area contributed by atoms with Gasteiger partial charge in [-0.1, -0.05) is 23.8 Å². The van der Waals surface area contributed by atoms with Gasteiger partial charge in [0.25, 0.3) is 0 Å². The fourth-order valence-corrected chi connectivity index (χ4v) is 1.37. The van der Waals surface area contributed by atoms with Crippen molar-refractivity contribution < 1.29 is 4.79 Å². The second-order valence-electron chi connectivity index (χ2n) is 4.09. The van der Waals surface area contributed by atoms with Crippen LogP contribution in [-0.4, -0.2) is 6.03 Å². The molecule has 0 atom stereocenters. The van der Waals surface area contributed by atoms with Crippen LogP contribution in [0.5, 0.6) is 0 Å². The molecule has 1 aromatic rings. The van der Waals surface area contributed by atoms with E-state index in [0.717, 1.165) is 22.4 Å². The minimum absolute atomic E-state index is 0.210. The Morgan fingerprint density at radius 1 is 1.19 bits per heavy atom. The molecule has 0 heterocycles. The zero-order valence-corrected chi connectivity index (χ0v) is 10.2. The molecule has 2 N–H and O–H groups in total. The third kappa shape index (κ3) is 3.42. The molecule has 0 aliphatic heterocycles. The Morgan fingerprint density at radius 2 is 1.75 bits per heavy atom. The molecule has 2 amide bonds. The minimum atomic E-state index is -0.210. The van der Waals surface area contributed by atoms with Crippen LogP contribution < -0.4 is 10.6 Å². The van der Waals surface area contributed by atoms with Crippen molar-refractivity contribution in [1.82, 2.24) is 5.32 Å². The Balaban J connectivity index is 2.74. The van der Waals surface area contributed by atoms with Crippen molar-refractivity contribution in [1.29, 1.82) is 0 Å². The maximum atomic E-state index is 11.6. The van der Waals surface area contributed by atoms with Crippen molar-refractivity contribution in [2.24, 2.45) is 0 Å². The van der Waals surface area contributed by atoms with Gasteiger partial charge in [-0.05, 0) is 38.8 Å². The maximum Gasteiger partial charge on any atom is 0.323 e. The number of hydrogen-bond donors (Lipinski definition) is 2. The normalized spacial score (nSPS) is 9.50. The average Bonchev–Trinajstić information content (AvgIpc) is 2.21. The summed E-state index contributed by atoms with van der Waals surface area (Å²) in [6.07, 6.45) is 1.68. The van der Waals surface area contributed by atoms with Crippen molar-refractivity contribution in [3.63, 3.8) is 0 Å². The van der Waals surface area contributed by atoms with Gasteiger partial charge in [-0.15, -0.1) is 0 Å². The topological polar surface area (TPSA) is 41.1 Å². The van der Waals surface area contributed by atoms with Crippen molar-refractivity contribution in [3.8, 4) is 0 Å². The van der Waals surface area contributed by atoms with Gasteiger partial charge in [0.15, 0.2) is 0 Å². The number of carbonyl (C=O) groups excluding carboxylic acids is 1. The van der Waals surface area contributed by atoms with Crippen LogP contribution in [0.4, 0.5) is 10.5 Å². The van der Waals surface area contributed by atoms with E-state index in [1.807, 2.05) is 45.9 Å². The van der Waals surface area contributed by atoms with Crippen molar-refractivity contribution in [3.05, 3.63) is 41.1 Å². The van der Waals surface area contributed by atoms with E-state index in [9.17, 15) is 4.79 Å². The van der Waals surface area contributed by atoms with E-state index >= 15 is 0 Å². The Morgan fingerprint density at radius 3 is 2.25 bits per heavy atom. The highest BCUT2D eigenvalue weighted by atomic mass is 16.2. The van der Waals surface area contributed by atoms with E-state index < -0.39 is 0 Å². The van der Waals surface area contributed by atoms with Gasteiger partial charge in [-0.25, -0.2) is 4.79 Å². The number of hydrogen-bond acceptors (Lipinski definition) is 1. The Labute approximate surface area is 96.6 Å². The smallest absolute Gasteiger partial charge is 0.314 e. The second-order valence-corrected chi connectivity index (χ2v) is 4.09. The highest BCUT2D eigenvalue weighted by molar-refractivity contribution is 5.91. The molecule has 0 saturated heterocycles. The Kier molecular flexibility index (Phi) is 4.11. The molecule has 0 bridgehead atoms. The lowest BCUT2D eigenvalue weighted by Crippen LogP contribution is -2.25. The van der Waals surface area contributed by atoms with Gasteiger partial charge in [0.2, 0.25) is 0 Å². The predicted octanol–water partition coefficient (Wildman–Crippen LogP) is 3.35. The molecule has 0 radical (unpaired) electrons. The summed E-state index contributed by atoms with van der Waals surface area (Å²) >= 11 is 0. The van der Waals surface area contributed by atoms with Crippen LogP contribution in [0.1, 0.15) is 25.0 Å². The van der Waals surface area contributed by atoms with E-state index in [1.165, 1.54) is 0 Å². The number of para-hydroxylation sites is 1. The highest BCUT2D eigenvalue weighted by Gasteiger charge is 2.04. The summed E-state index contributed by atoms with van der Waals surface area (Å²) in [7, 11) is 0. The van der Waals surface area contributed by atoms with Crippen LogP contribution in [0.25, 0.3) is 0 Å². The van der Waals surface area contributed by atoms with Crippen LogP contribution in [0.2, 0.25) is 0 Å². The summed E-state index contributed by atoms with van der Waals surface area (Å²) in [5.41, 5.74) is 4.05. The number of carbonyl (C=O) groups is 1. The number of benzene rings is 1. The fourth-order valence-electron chi connectivity index (χ4n) is 1.37. The first kappa shape index (κ1) is 12.3. The van der Waals surface area contributed by atoms with Gasteiger partial charge < -0.3 is 10.6 Å². The molecule has 0 unspecified atom stereocenters. The van der Waals surface area contributed by atoms with Gasteiger partial charge in [-0.2, -0.15) is 0 Å². The zero-order chi connectivity index (χ0) is 12.1. The number of allylic oxidation sites excluding steroid dienone is 1. The molecule has 0 aromatic heterocycles. The maximum absolute atomic E-state index is 11.6. The molecule has 0 aliphatic rings. The van der Waals surface area contributed by atoms with Crippen molar-refractivity contribution in [2.45, 2.75) is 27.7 Å². The van der Waals surface area contributed by atoms with E-state index in [4.69, 9.17) is 0 Å². The fraction of sp³-hybridized carbons (Fsp3) is 0.308. The molecule has 0 spiro atoms. The quantitative estimate of drug-likeness (QED) is 0.785. The SMILES string of the molecule is CC(C)=CNC(=O)Nc1c(C)cccc1C. The van der Waals surface area contributed by atoms with Crippen LogP contribution >= 0.6 is 0 Å². The van der Waals surface area contributed by atoms with Crippen molar-refractivity contribution in [2.75, 3.05) is 5.32 Å². The molecule has 1 rings (SSSR count). The molecule has 0 fully saturated rings. The molecule has 0 saturated carbocycles. The highest BCUT2D eigenvalue weighted by Crippen LogP contribution is 2.18. The monoisotopic (exact) mass is 218 g/mol. The van der Waals surface area contributed by atoms with Gasteiger partial charge in [0.05, 0.1) is 0 Å². The molecule has 0 aliphatic carbocycles. The Bertz CT molecular complexity index is 398. The number of rotatable bonds is 2. The molecular formula is C13H18N2O. The lowest BCUT2D eigenvalue weighted by atomic mass is 10.1. The third-order valence-electron chi connectivity index (χ3n) is 2.21. The number of nitrogens with one attached hydrogen (secondary N) is 2. The van der Waals surface area contributed by atoms with Gasteiger partial charge >= 0.3 is 6.03 Å². The van der Waals surface area contributed by atoms with E-state index in [0.29, 0.717) is 0 Å². The average molecular weight is 218 g/mol. The van der Waals surface area contributed by atoms with E-state index in [-0.39, 0.29) is 6.03 Å². The second kappa shape index (κ2) is 5.35. The number of amides is 2. The number of aryl methyl sites for hydroxylation is 2. The molecule has 1 aromatic carbocycles. The van der Waals surface area contributed by atoms with E-state index in [2.05, 4.69) is 10.6 Å². The summed E-state index contributed by atoms with van der Waals surface area (Å²) in [6, 6.07) is 5.72. The van der Waals surface area contributed by atoms with Crippen LogP contribution in [0.3, 0.4) is 0 Å². The molecular weight excluding hydrogens is 200 g/mol. The summed E-state index contributed by atoms with van der Waals surface area (Å²) in [4.78, 5) is 11.6. The van der Waals surface area contributed by atoms with Crippen molar-refractivity contribution >= 4 is 11.7 Å². The summed E-state index contributed by atoms with van der Waals surface area (Å²) in [6.45, 7) is 7.81. The summed E-state index contributed by atoms with van der Waals surface area (Å²) in [5.74, 6) is 0. The first-order valence-corrected chi connectivity index (χ1v) is 5.28. The predicted molar refractivity (Wildman–Crippen MR) is 67.5 cm³/mol. The molecule has 86 valence electrons. The van der Waals surface area contributed by atoms with Gasteiger partial charge in [-0.3, -0.25) is 0 Å². The summed E-state index contributed by atoms with van der Waals surface area (Å²) in [5, 5.41) is 5.51. The number of anilines is 1. The standard InChI is InChI=1S/C13H18N2O/c1-9(2)8-14-13(16)15-12-10(3)6-5-7-11(12)4/h5-8H,1-4H3,(H2,14,15,16). The third-order valence-corrected chi connectivity index (χ3v) is 2.21. The lowest BCUT2D eigenvalue weighted by molar-refractivity contribution is 0.255. The Hall–Kier alpha value is -1.77. The lowest BCUT2D eigenvalue weighted by Gasteiger charge is -2.11. The van der Waals surface area contributed by atoms with Crippen LogP contribution in [0.15, 0.2) is 30.0 Å². The van der Waals surface area contributed by atoms with Crippen LogP contribution in [0, 0.1) is 13.8 Å². The molecule has 3 heteroatoms. The first-order valence-electron chi connectivity index (χ1n) is 5.28. The number of urea groups is 1. The zero-order valence-electron chi connectivity index (χ0n) is 10.2.